The van der Waals surface area contributed by atoms with Gasteiger partial charge in [0.15, 0.2) is 0 Å². The van der Waals surface area contributed by atoms with Crippen LogP contribution in [0.3, 0.4) is 0 Å². The molecule has 1 amide bonds. The third-order valence-corrected chi connectivity index (χ3v) is 4.03. The summed E-state index contributed by atoms with van der Waals surface area (Å²) in [5.41, 5.74) is 4.00. The molecule has 25 heavy (non-hydrogen) atoms. The van der Waals surface area contributed by atoms with Crippen LogP contribution in [0, 0.1) is 0 Å². The van der Waals surface area contributed by atoms with E-state index in [4.69, 9.17) is 4.42 Å². The van der Waals surface area contributed by atoms with Gasteiger partial charge in [0, 0.05) is 12.1 Å². The van der Waals surface area contributed by atoms with Crippen LogP contribution < -0.4 is 5.32 Å². The quantitative estimate of drug-likeness (QED) is 0.715. The molecule has 3 aromatic rings. The van der Waals surface area contributed by atoms with Gasteiger partial charge in [0.05, 0.1) is 12.1 Å². The van der Waals surface area contributed by atoms with E-state index in [1.165, 1.54) is 5.56 Å². The summed E-state index contributed by atoms with van der Waals surface area (Å²) in [6.45, 7) is 2.68. The lowest BCUT2D eigenvalue weighted by Crippen LogP contribution is -2.27. The van der Waals surface area contributed by atoms with Crippen molar-refractivity contribution in [1.29, 1.82) is 0 Å². The van der Waals surface area contributed by atoms with E-state index in [-0.39, 0.29) is 5.91 Å². The summed E-state index contributed by atoms with van der Waals surface area (Å²) in [7, 11) is 0. The normalized spacial score (nSPS) is 10.6. The molecule has 0 spiro atoms. The summed E-state index contributed by atoms with van der Waals surface area (Å²) in [4.78, 5) is 16.6. The molecule has 2 aromatic carbocycles. The van der Waals surface area contributed by atoms with Gasteiger partial charge in [-0.05, 0) is 36.1 Å². The van der Waals surface area contributed by atoms with Crippen LogP contribution in [-0.4, -0.2) is 17.4 Å². The van der Waals surface area contributed by atoms with E-state index in [1.807, 2.05) is 49.4 Å². The highest BCUT2D eigenvalue weighted by atomic mass is 16.3. The zero-order valence-corrected chi connectivity index (χ0v) is 14.4. The number of oxazole rings is 1. The van der Waals surface area contributed by atoms with Crippen molar-refractivity contribution in [3.63, 3.8) is 0 Å². The topological polar surface area (TPSA) is 55.1 Å². The number of aromatic nitrogens is 1. The van der Waals surface area contributed by atoms with E-state index >= 15 is 0 Å². The number of hydrogen-bond donors (Lipinski definition) is 1. The van der Waals surface area contributed by atoms with Crippen molar-refractivity contribution < 1.29 is 9.21 Å². The van der Waals surface area contributed by atoms with Crippen molar-refractivity contribution in [2.75, 3.05) is 6.54 Å². The molecule has 3 rings (SSSR count). The first-order valence-corrected chi connectivity index (χ1v) is 8.59. The Labute approximate surface area is 147 Å². The van der Waals surface area contributed by atoms with Gasteiger partial charge in [-0.3, -0.25) is 4.79 Å². The van der Waals surface area contributed by atoms with Gasteiger partial charge in [0.1, 0.15) is 6.26 Å². The van der Waals surface area contributed by atoms with E-state index in [2.05, 4.69) is 22.4 Å². The molecule has 128 valence electrons. The summed E-state index contributed by atoms with van der Waals surface area (Å²) in [6.07, 6.45) is 3.71. The highest BCUT2D eigenvalue weighted by Crippen LogP contribution is 2.20. The highest BCUT2D eigenvalue weighted by Gasteiger charge is 2.08. The van der Waals surface area contributed by atoms with Crippen molar-refractivity contribution in [3.05, 3.63) is 77.7 Å². The Bertz CT molecular complexity index is 825. The number of carbonyl (C=O) groups is 1. The van der Waals surface area contributed by atoms with Crippen molar-refractivity contribution in [1.82, 2.24) is 10.3 Å². The third-order valence-electron chi connectivity index (χ3n) is 4.03. The van der Waals surface area contributed by atoms with Crippen LogP contribution in [-0.2, 0) is 24.1 Å². The molecular weight excluding hydrogens is 312 g/mol. The largest absolute Gasteiger partial charge is 0.444 e. The van der Waals surface area contributed by atoms with Gasteiger partial charge in [-0.2, -0.15) is 0 Å². The van der Waals surface area contributed by atoms with E-state index in [1.54, 1.807) is 6.26 Å². The Hall–Kier alpha value is -2.88. The number of amides is 1. The van der Waals surface area contributed by atoms with Crippen molar-refractivity contribution in [3.8, 4) is 11.5 Å². The van der Waals surface area contributed by atoms with Gasteiger partial charge in [-0.25, -0.2) is 4.98 Å². The first kappa shape index (κ1) is 17.0. The first-order chi connectivity index (χ1) is 12.2. The van der Waals surface area contributed by atoms with Crippen molar-refractivity contribution in [2.24, 2.45) is 0 Å². The number of carbonyl (C=O) groups excluding carboxylic acids is 1. The molecule has 0 fully saturated rings. The van der Waals surface area contributed by atoms with E-state index in [9.17, 15) is 4.79 Å². The third kappa shape index (κ3) is 4.80. The fourth-order valence-corrected chi connectivity index (χ4v) is 2.66. The fraction of sp³-hybridized carbons (Fsp3) is 0.238. The summed E-state index contributed by atoms with van der Waals surface area (Å²) >= 11 is 0. The molecule has 0 saturated carbocycles. The molecule has 0 saturated heterocycles. The summed E-state index contributed by atoms with van der Waals surface area (Å²) in [5.74, 6) is 0.623. The second kappa shape index (κ2) is 8.29. The minimum absolute atomic E-state index is 0.0229. The van der Waals surface area contributed by atoms with Gasteiger partial charge in [0.25, 0.3) is 0 Å². The SMILES string of the molecule is CCc1coc(-c2cccc(CC(=O)NCCc3ccccc3)c2)n1. The lowest BCUT2D eigenvalue weighted by molar-refractivity contribution is -0.120. The molecular formula is C21H22N2O2. The van der Waals surface area contributed by atoms with Crippen LogP contribution >= 0.6 is 0 Å². The second-order valence-corrected chi connectivity index (χ2v) is 5.96. The van der Waals surface area contributed by atoms with Crippen molar-refractivity contribution >= 4 is 5.91 Å². The fourth-order valence-electron chi connectivity index (χ4n) is 2.66. The maximum absolute atomic E-state index is 12.2. The molecule has 0 aliphatic rings. The van der Waals surface area contributed by atoms with Gasteiger partial charge in [-0.1, -0.05) is 49.4 Å². The molecule has 0 aliphatic carbocycles. The van der Waals surface area contributed by atoms with Gasteiger partial charge in [-0.15, -0.1) is 0 Å². The van der Waals surface area contributed by atoms with Crippen LogP contribution in [0.1, 0.15) is 23.7 Å². The van der Waals surface area contributed by atoms with Gasteiger partial charge >= 0.3 is 0 Å². The van der Waals surface area contributed by atoms with Crippen LogP contribution in [0.5, 0.6) is 0 Å². The maximum Gasteiger partial charge on any atom is 0.226 e. The lowest BCUT2D eigenvalue weighted by Gasteiger charge is -2.06. The highest BCUT2D eigenvalue weighted by molar-refractivity contribution is 5.79. The molecule has 4 nitrogen and oxygen atoms in total. The van der Waals surface area contributed by atoms with Crippen LogP contribution in [0.4, 0.5) is 0 Å². The number of aryl methyl sites for hydroxylation is 1. The smallest absolute Gasteiger partial charge is 0.226 e. The van der Waals surface area contributed by atoms with E-state index < -0.39 is 0 Å². The number of nitrogens with one attached hydrogen (secondary N) is 1. The van der Waals surface area contributed by atoms with E-state index in [0.717, 1.165) is 29.7 Å². The van der Waals surface area contributed by atoms with Gasteiger partial charge < -0.3 is 9.73 Å². The Balaban J connectivity index is 1.55. The Morgan fingerprint density at radius 3 is 2.64 bits per heavy atom. The van der Waals surface area contributed by atoms with Gasteiger partial charge in [0.2, 0.25) is 11.8 Å². The zero-order valence-electron chi connectivity index (χ0n) is 14.4. The average molecular weight is 334 g/mol. The molecule has 0 radical (unpaired) electrons. The maximum atomic E-state index is 12.2. The monoisotopic (exact) mass is 334 g/mol. The molecule has 4 heteroatoms. The molecule has 0 atom stereocenters. The Kier molecular flexibility index (Phi) is 5.62. The minimum Gasteiger partial charge on any atom is -0.444 e. The summed E-state index contributed by atoms with van der Waals surface area (Å²) in [6, 6.07) is 17.9. The molecule has 1 aromatic heterocycles. The summed E-state index contributed by atoms with van der Waals surface area (Å²) < 4.78 is 5.50. The number of nitrogens with zero attached hydrogens (tertiary/aromatic N) is 1. The Morgan fingerprint density at radius 2 is 1.88 bits per heavy atom. The van der Waals surface area contributed by atoms with Crippen LogP contribution in [0.25, 0.3) is 11.5 Å². The lowest BCUT2D eigenvalue weighted by atomic mass is 10.1. The molecule has 1 heterocycles. The number of hydrogen-bond acceptors (Lipinski definition) is 3. The molecule has 0 aliphatic heterocycles. The number of benzene rings is 2. The summed E-state index contributed by atoms with van der Waals surface area (Å²) in [5, 5.41) is 2.97. The minimum atomic E-state index is 0.0229. The van der Waals surface area contributed by atoms with E-state index in [0.29, 0.717) is 18.9 Å². The van der Waals surface area contributed by atoms with Crippen molar-refractivity contribution in [2.45, 2.75) is 26.2 Å². The second-order valence-electron chi connectivity index (χ2n) is 5.96. The van der Waals surface area contributed by atoms with Crippen LogP contribution in [0.2, 0.25) is 0 Å². The molecule has 0 bridgehead atoms. The zero-order chi connectivity index (χ0) is 17.5. The standard InChI is InChI=1S/C21H22N2O2/c1-2-19-15-25-21(23-19)18-10-6-9-17(13-18)14-20(24)22-12-11-16-7-4-3-5-8-16/h3-10,13,15H,2,11-12,14H2,1H3,(H,22,24). The predicted molar refractivity (Wildman–Crippen MR) is 98.2 cm³/mol. The van der Waals surface area contributed by atoms with Crippen LogP contribution in [0.15, 0.2) is 65.3 Å². The Morgan fingerprint density at radius 1 is 1.08 bits per heavy atom. The average Bonchev–Trinajstić information content (AvgIpc) is 3.12. The molecule has 1 N–H and O–H groups in total. The first-order valence-electron chi connectivity index (χ1n) is 8.59. The number of rotatable bonds is 7. The predicted octanol–water partition coefficient (Wildman–Crippen LogP) is 3.81. The molecule has 0 unspecified atom stereocenters.